The number of carbonyl (C=O) groups excluding carboxylic acids is 1. The monoisotopic (exact) mass is 317 g/mol. The van der Waals surface area contributed by atoms with Gasteiger partial charge in [-0.2, -0.15) is 0 Å². The minimum Gasteiger partial charge on any atom is -0.357 e. The van der Waals surface area contributed by atoms with Crippen LogP contribution in [-0.4, -0.2) is 54.5 Å². The van der Waals surface area contributed by atoms with Crippen molar-refractivity contribution in [2.75, 3.05) is 32.7 Å². The number of hydrogen-bond acceptors (Lipinski definition) is 3. The van der Waals surface area contributed by atoms with E-state index < -0.39 is 0 Å². The maximum absolute atomic E-state index is 11.9. The summed E-state index contributed by atoms with van der Waals surface area (Å²) in [5, 5.41) is 6.21. The highest BCUT2D eigenvalue weighted by Crippen LogP contribution is 2.28. The third-order valence-electron chi connectivity index (χ3n) is 3.89. The molecule has 6 heteroatoms. The molecule has 0 radical (unpaired) electrons. The van der Waals surface area contributed by atoms with Crippen molar-refractivity contribution >= 4 is 11.9 Å². The van der Waals surface area contributed by atoms with Gasteiger partial charge in [-0.3, -0.25) is 14.8 Å². The quantitative estimate of drug-likeness (QED) is 0.491. The van der Waals surface area contributed by atoms with Crippen LogP contribution >= 0.6 is 0 Å². The molecule has 0 aliphatic carbocycles. The third kappa shape index (κ3) is 5.23. The summed E-state index contributed by atoms with van der Waals surface area (Å²) in [5.74, 6) is 0.828. The smallest absolute Gasteiger partial charge is 0.252 e. The van der Waals surface area contributed by atoms with Crippen LogP contribution in [0.3, 0.4) is 0 Å². The van der Waals surface area contributed by atoms with Crippen LogP contribution in [0.5, 0.6) is 0 Å². The van der Waals surface area contributed by atoms with E-state index in [1.54, 1.807) is 24.5 Å². The molecule has 0 saturated carbocycles. The average molecular weight is 317 g/mol. The molecule has 1 aromatic rings. The zero-order chi connectivity index (χ0) is 16.7. The molecule has 1 amide bonds. The minimum absolute atomic E-state index is 0.111. The number of amides is 1. The lowest BCUT2D eigenvalue weighted by molar-refractivity contribution is 0.0954. The number of carbonyl (C=O) groups is 1. The number of nitrogens with one attached hydrogen (secondary N) is 2. The minimum atomic E-state index is -0.111. The Balaban J connectivity index is 1.83. The Kier molecular flexibility index (Phi) is 5.96. The van der Waals surface area contributed by atoms with E-state index in [0.717, 1.165) is 25.6 Å². The van der Waals surface area contributed by atoms with Crippen LogP contribution in [-0.2, 0) is 0 Å². The first kappa shape index (κ1) is 17.2. The first-order chi connectivity index (χ1) is 11.0. The number of aliphatic imine (C=N–C) groups is 1. The molecule has 1 fully saturated rings. The summed E-state index contributed by atoms with van der Waals surface area (Å²) in [5.41, 5.74) is 0.912. The number of hydrogen-bond donors (Lipinski definition) is 2. The summed E-state index contributed by atoms with van der Waals surface area (Å²) < 4.78 is 0. The fourth-order valence-corrected chi connectivity index (χ4v) is 2.65. The normalized spacial score (nSPS) is 17.2. The highest BCUT2D eigenvalue weighted by atomic mass is 16.1. The van der Waals surface area contributed by atoms with Crippen molar-refractivity contribution in [3.63, 3.8) is 0 Å². The summed E-state index contributed by atoms with van der Waals surface area (Å²) >= 11 is 0. The molecule has 2 heterocycles. The standard InChI is InChI=1S/C17H27N5O/c1-4-19-16(22-11-7-17(2,3)13-22)21-10-9-20-15(23)14-6-5-8-18-12-14/h5-6,8,12H,4,7,9-11,13H2,1-3H3,(H,19,21)(H,20,23). The molecule has 1 saturated heterocycles. The fourth-order valence-electron chi connectivity index (χ4n) is 2.65. The van der Waals surface area contributed by atoms with Gasteiger partial charge in [-0.15, -0.1) is 0 Å². The van der Waals surface area contributed by atoms with Crippen LogP contribution in [0.2, 0.25) is 0 Å². The van der Waals surface area contributed by atoms with Crippen LogP contribution in [0.1, 0.15) is 37.6 Å². The van der Waals surface area contributed by atoms with E-state index in [1.807, 2.05) is 0 Å². The summed E-state index contributed by atoms with van der Waals surface area (Å²) in [7, 11) is 0. The second kappa shape index (κ2) is 7.94. The van der Waals surface area contributed by atoms with Gasteiger partial charge < -0.3 is 15.5 Å². The summed E-state index contributed by atoms with van der Waals surface area (Å²) in [6.45, 7) is 10.6. The van der Waals surface area contributed by atoms with E-state index in [-0.39, 0.29) is 5.91 Å². The van der Waals surface area contributed by atoms with E-state index in [1.165, 1.54) is 6.42 Å². The van der Waals surface area contributed by atoms with Gasteiger partial charge >= 0.3 is 0 Å². The van der Waals surface area contributed by atoms with Gasteiger partial charge in [0.15, 0.2) is 5.96 Å². The molecule has 6 nitrogen and oxygen atoms in total. The van der Waals surface area contributed by atoms with Gasteiger partial charge in [0.05, 0.1) is 12.1 Å². The molecule has 1 aromatic heterocycles. The lowest BCUT2D eigenvalue weighted by Crippen LogP contribution is -2.41. The third-order valence-corrected chi connectivity index (χ3v) is 3.89. The lowest BCUT2D eigenvalue weighted by Gasteiger charge is -2.23. The zero-order valence-electron chi connectivity index (χ0n) is 14.3. The van der Waals surface area contributed by atoms with Crippen LogP contribution in [0.25, 0.3) is 0 Å². The largest absolute Gasteiger partial charge is 0.357 e. The van der Waals surface area contributed by atoms with Crippen LogP contribution in [0, 0.1) is 5.41 Å². The molecule has 0 bridgehead atoms. The van der Waals surface area contributed by atoms with Crippen molar-refractivity contribution in [3.05, 3.63) is 30.1 Å². The predicted molar refractivity (Wildman–Crippen MR) is 92.5 cm³/mol. The molecule has 0 aromatic carbocycles. The highest BCUT2D eigenvalue weighted by molar-refractivity contribution is 5.93. The van der Waals surface area contributed by atoms with Gasteiger partial charge in [-0.25, -0.2) is 0 Å². The van der Waals surface area contributed by atoms with Crippen LogP contribution in [0.4, 0.5) is 0 Å². The summed E-state index contributed by atoms with van der Waals surface area (Å²) in [4.78, 5) is 22.8. The Morgan fingerprint density at radius 2 is 2.26 bits per heavy atom. The van der Waals surface area contributed by atoms with Gasteiger partial charge in [0.25, 0.3) is 5.91 Å². The Labute approximate surface area is 138 Å². The molecule has 126 valence electrons. The van der Waals surface area contributed by atoms with Crippen molar-refractivity contribution in [2.45, 2.75) is 27.2 Å². The maximum Gasteiger partial charge on any atom is 0.252 e. The maximum atomic E-state index is 11.9. The van der Waals surface area contributed by atoms with Crippen molar-refractivity contribution in [3.8, 4) is 0 Å². The second-order valence-electron chi connectivity index (χ2n) is 6.57. The summed E-state index contributed by atoms with van der Waals surface area (Å²) in [6, 6.07) is 3.51. The molecule has 0 unspecified atom stereocenters. The zero-order valence-corrected chi connectivity index (χ0v) is 14.3. The van der Waals surface area contributed by atoms with Crippen molar-refractivity contribution in [2.24, 2.45) is 10.4 Å². The first-order valence-electron chi connectivity index (χ1n) is 8.23. The molecule has 1 aliphatic heterocycles. The SMILES string of the molecule is CCNC(=NCCNC(=O)c1cccnc1)N1CCC(C)(C)C1. The molecule has 0 atom stereocenters. The van der Waals surface area contributed by atoms with Crippen LogP contribution < -0.4 is 10.6 Å². The van der Waals surface area contributed by atoms with Gasteiger partial charge in [-0.05, 0) is 30.9 Å². The lowest BCUT2D eigenvalue weighted by atomic mass is 9.93. The molecule has 2 N–H and O–H groups in total. The van der Waals surface area contributed by atoms with Gasteiger partial charge in [0.2, 0.25) is 0 Å². The van der Waals surface area contributed by atoms with Gasteiger partial charge in [0, 0.05) is 38.6 Å². The number of nitrogens with zero attached hydrogens (tertiary/aromatic N) is 3. The molecular weight excluding hydrogens is 290 g/mol. The highest BCUT2D eigenvalue weighted by Gasteiger charge is 2.30. The predicted octanol–water partition coefficient (Wildman–Crippen LogP) is 1.51. The Hall–Kier alpha value is -2.11. The molecule has 0 spiro atoms. The van der Waals surface area contributed by atoms with Crippen molar-refractivity contribution < 1.29 is 4.79 Å². The van der Waals surface area contributed by atoms with E-state index in [9.17, 15) is 4.79 Å². The number of rotatable bonds is 5. The van der Waals surface area contributed by atoms with E-state index in [2.05, 4.69) is 46.3 Å². The Bertz CT molecular complexity index is 541. The second-order valence-corrected chi connectivity index (χ2v) is 6.57. The molecule has 2 rings (SSSR count). The summed E-state index contributed by atoms with van der Waals surface area (Å²) in [6.07, 6.45) is 4.39. The van der Waals surface area contributed by atoms with Crippen molar-refractivity contribution in [1.82, 2.24) is 20.5 Å². The number of guanidine groups is 1. The number of pyridine rings is 1. The molecule has 23 heavy (non-hydrogen) atoms. The van der Waals surface area contributed by atoms with E-state index in [4.69, 9.17) is 0 Å². The fraction of sp³-hybridized carbons (Fsp3) is 0.588. The Morgan fingerprint density at radius 3 is 2.87 bits per heavy atom. The van der Waals surface area contributed by atoms with E-state index in [0.29, 0.717) is 24.1 Å². The van der Waals surface area contributed by atoms with Gasteiger partial charge in [0.1, 0.15) is 0 Å². The van der Waals surface area contributed by atoms with Gasteiger partial charge in [-0.1, -0.05) is 13.8 Å². The Morgan fingerprint density at radius 1 is 1.43 bits per heavy atom. The van der Waals surface area contributed by atoms with Crippen LogP contribution in [0.15, 0.2) is 29.5 Å². The number of aromatic nitrogens is 1. The van der Waals surface area contributed by atoms with Crippen molar-refractivity contribution in [1.29, 1.82) is 0 Å². The molecular formula is C17H27N5O. The van der Waals surface area contributed by atoms with E-state index >= 15 is 0 Å². The first-order valence-corrected chi connectivity index (χ1v) is 8.23. The topological polar surface area (TPSA) is 69.6 Å². The number of likely N-dealkylation sites (tertiary alicyclic amines) is 1. The molecule has 1 aliphatic rings. The average Bonchev–Trinajstić information content (AvgIpc) is 2.91.